The van der Waals surface area contributed by atoms with E-state index in [1.807, 2.05) is 24.3 Å². The smallest absolute Gasteiger partial charge is 0.0731 e. The summed E-state index contributed by atoms with van der Waals surface area (Å²) < 4.78 is 16.8. The third-order valence-corrected chi connectivity index (χ3v) is 7.16. The molecule has 1 aliphatic heterocycles. The van der Waals surface area contributed by atoms with Crippen molar-refractivity contribution >= 4 is 32.4 Å². The van der Waals surface area contributed by atoms with Crippen LogP contribution in [-0.4, -0.2) is 15.7 Å². The van der Waals surface area contributed by atoms with Crippen LogP contribution in [0.15, 0.2) is 40.1 Å². The third-order valence-electron chi connectivity index (χ3n) is 3.74. The van der Waals surface area contributed by atoms with E-state index in [1.54, 1.807) is 11.3 Å². The van der Waals surface area contributed by atoms with Crippen LogP contribution >= 0.6 is 11.3 Å². The highest BCUT2D eigenvalue weighted by atomic mass is 32.2. The molecule has 1 fully saturated rings. The summed E-state index contributed by atoms with van der Waals surface area (Å²) in [6.45, 7) is 2.98. The first-order chi connectivity index (χ1) is 10.1. The van der Waals surface area contributed by atoms with Crippen molar-refractivity contribution in [1.29, 1.82) is 0 Å². The highest BCUT2D eigenvalue weighted by molar-refractivity contribution is 7.93. The molecule has 0 radical (unpaired) electrons. The highest BCUT2D eigenvalue weighted by Crippen LogP contribution is 2.23. The Kier molecular flexibility index (Phi) is 4.31. The van der Waals surface area contributed by atoms with Crippen molar-refractivity contribution in [3.63, 3.8) is 0 Å². The zero-order valence-electron chi connectivity index (χ0n) is 12.2. The van der Waals surface area contributed by atoms with Crippen molar-refractivity contribution in [2.45, 2.75) is 26.3 Å². The van der Waals surface area contributed by atoms with Gasteiger partial charge < -0.3 is 5.32 Å². The largest absolute Gasteiger partial charge is 0.380 e. The lowest BCUT2D eigenvalue weighted by Gasteiger charge is -2.06. The van der Waals surface area contributed by atoms with Gasteiger partial charge in [0.1, 0.15) is 0 Å². The average molecular weight is 320 g/mol. The molecule has 0 unspecified atom stereocenters. The van der Waals surface area contributed by atoms with E-state index in [0.717, 1.165) is 42.3 Å². The maximum Gasteiger partial charge on any atom is 0.0731 e. The molecule has 0 aliphatic carbocycles. The molecular formula is C16H20N2OS2. The molecule has 1 saturated heterocycles. The summed E-state index contributed by atoms with van der Waals surface area (Å²) in [5, 5.41) is 5.53. The molecule has 2 aromatic rings. The van der Waals surface area contributed by atoms with E-state index >= 15 is 0 Å². The minimum atomic E-state index is -1.97. The molecule has 1 aromatic heterocycles. The lowest BCUT2D eigenvalue weighted by molar-refractivity contribution is 0.681. The molecule has 5 heteroatoms. The van der Waals surface area contributed by atoms with E-state index in [1.165, 1.54) is 10.4 Å². The van der Waals surface area contributed by atoms with Crippen molar-refractivity contribution in [3.8, 4) is 0 Å². The van der Waals surface area contributed by atoms with Crippen LogP contribution in [0.2, 0.25) is 0 Å². The molecule has 0 spiro atoms. The molecule has 21 heavy (non-hydrogen) atoms. The Morgan fingerprint density at radius 1 is 1.19 bits per heavy atom. The van der Waals surface area contributed by atoms with Crippen LogP contribution < -0.4 is 5.32 Å². The van der Waals surface area contributed by atoms with Gasteiger partial charge >= 0.3 is 0 Å². The zero-order chi connectivity index (χ0) is 14.7. The first kappa shape index (κ1) is 14.6. The Morgan fingerprint density at radius 3 is 2.52 bits per heavy atom. The quantitative estimate of drug-likeness (QED) is 0.897. The molecule has 112 valence electrons. The van der Waals surface area contributed by atoms with Crippen molar-refractivity contribution in [3.05, 3.63) is 46.2 Å². The number of aryl methyl sites for hydroxylation is 1. The average Bonchev–Trinajstić information content (AvgIpc) is 3.07. The summed E-state index contributed by atoms with van der Waals surface area (Å²) in [7, 11) is -1.97. The Hall–Kier alpha value is -1.33. The number of anilines is 1. The van der Waals surface area contributed by atoms with Gasteiger partial charge in [-0.1, -0.05) is 0 Å². The first-order valence-electron chi connectivity index (χ1n) is 7.24. The van der Waals surface area contributed by atoms with Gasteiger partial charge in [0.25, 0.3) is 0 Å². The van der Waals surface area contributed by atoms with E-state index in [-0.39, 0.29) is 0 Å². The highest BCUT2D eigenvalue weighted by Gasteiger charge is 2.16. The Labute approximate surface area is 130 Å². The Balaban J connectivity index is 1.67. The summed E-state index contributed by atoms with van der Waals surface area (Å²) in [6.07, 6.45) is 2.09. The molecule has 0 atom stereocenters. The Morgan fingerprint density at radius 2 is 1.90 bits per heavy atom. The topological polar surface area (TPSA) is 41.5 Å². The minimum absolute atomic E-state index is 0.755. The number of nitrogens with one attached hydrogen (secondary N) is 1. The van der Waals surface area contributed by atoms with Gasteiger partial charge in [-0.25, -0.2) is 4.21 Å². The van der Waals surface area contributed by atoms with Gasteiger partial charge in [0.2, 0.25) is 0 Å². The third kappa shape index (κ3) is 3.66. The number of rotatable bonds is 4. The molecule has 2 heterocycles. The first-order valence-corrected chi connectivity index (χ1v) is 9.97. The molecular weight excluding hydrogens is 300 g/mol. The van der Waals surface area contributed by atoms with E-state index < -0.39 is 9.73 Å². The molecule has 0 saturated carbocycles. The molecule has 3 rings (SSSR count). The van der Waals surface area contributed by atoms with Gasteiger partial charge in [0.15, 0.2) is 0 Å². The number of hydrogen-bond acceptors (Lipinski definition) is 4. The standard InChI is InChI=1S/C16H20N2OS2/c1-13-8-9-20-16(13)12-17-14-4-6-15(7-5-14)18-21(19)10-2-3-11-21/h4-9,17H,2-3,10-12H2,1H3. The normalized spacial score (nSPS) is 16.8. The van der Waals surface area contributed by atoms with E-state index in [0.29, 0.717) is 0 Å². The van der Waals surface area contributed by atoms with E-state index in [9.17, 15) is 4.21 Å². The van der Waals surface area contributed by atoms with Gasteiger partial charge in [0, 0.05) is 28.6 Å². The molecule has 1 aliphatic rings. The van der Waals surface area contributed by atoms with Crippen molar-refractivity contribution in [2.24, 2.45) is 4.36 Å². The fourth-order valence-electron chi connectivity index (χ4n) is 2.45. The second-order valence-electron chi connectivity index (χ2n) is 5.41. The zero-order valence-corrected chi connectivity index (χ0v) is 13.8. The second-order valence-corrected chi connectivity index (χ2v) is 8.95. The van der Waals surface area contributed by atoms with Crippen LogP contribution in [0.5, 0.6) is 0 Å². The van der Waals surface area contributed by atoms with Gasteiger partial charge in [-0.3, -0.25) is 0 Å². The van der Waals surface area contributed by atoms with Gasteiger partial charge in [-0.2, -0.15) is 4.36 Å². The van der Waals surface area contributed by atoms with E-state index in [4.69, 9.17) is 0 Å². The second kappa shape index (κ2) is 6.20. The lowest BCUT2D eigenvalue weighted by atomic mass is 10.2. The van der Waals surface area contributed by atoms with E-state index in [2.05, 4.69) is 28.0 Å². The predicted molar refractivity (Wildman–Crippen MR) is 92.0 cm³/mol. The SMILES string of the molecule is Cc1ccsc1CNc1ccc(N=S2(=O)CCCC2)cc1. The number of benzene rings is 1. The number of nitrogens with zero attached hydrogens (tertiary/aromatic N) is 1. The van der Waals surface area contributed by atoms with Gasteiger partial charge in [0.05, 0.1) is 15.4 Å². The lowest BCUT2D eigenvalue weighted by Crippen LogP contribution is -2.00. The van der Waals surface area contributed by atoms with Gasteiger partial charge in [-0.15, -0.1) is 11.3 Å². The summed E-state index contributed by atoms with van der Waals surface area (Å²) in [4.78, 5) is 1.36. The molecule has 1 aromatic carbocycles. The maximum atomic E-state index is 12.4. The number of thiophene rings is 1. The van der Waals surface area contributed by atoms with Crippen LogP contribution in [0, 0.1) is 6.92 Å². The van der Waals surface area contributed by atoms with Crippen LogP contribution in [0.4, 0.5) is 11.4 Å². The van der Waals surface area contributed by atoms with Crippen LogP contribution in [0.3, 0.4) is 0 Å². The van der Waals surface area contributed by atoms with Crippen LogP contribution in [0.25, 0.3) is 0 Å². The summed E-state index contributed by atoms with van der Waals surface area (Å²) in [5.74, 6) is 1.51. The summed E-state index contributed by atoms with van der Waals surface area (Å²) in [5.41, 5.74) is 3.24. The number of hydrogen-bond donors (Lipinski definition) is 1. The van der Waals surface area contributed by atoms with Crippen molar-refractivity contribution in [2.75, 3.05) is 16.8 Å². The summed E-state index contributed by atoms with van der Waals surface area (Å²) >= 11 is 1.77. The predicted octanol–water partition coefficient (Wildman–Crippen LogP) is 4.56. The fraction of sp³-hybridized carbons (Fsp3) is 0.375. The van der Waals surface area contributed by atoms with Crippen molar-refractivity contribution in [1.82, 2.24) is 0 Å². The minimum Gasteiger partial charge on any atom is -0.380 e. The van der Waals surface area contributed by atoms with Gasteiger partial charge in [-0.05, 0) is 61.0 Å². The van der Waals surface area contributed by atoms with Crippen LogP contribution in [0.1, 0.15) is 23.3 Å². The molecule has 0 bridgehead atoms. The molecule has 1 N–H and O–H groups in total. The maximum absolute atomic E-state index is 12.4. The molecule has 0 amide bonds. The van der Waals surface area contributed by atoms with Crippen molar-refractivity contribution < 1.29 is 4.21 Å². The monoisotopic (exact) mass is 320 g/mol. The summed E-state index contributed by atoms with van der Waals surface area (Å²) in [6, 6.07) is 10.1. The fourth-order valence-corrected chi connectivity index (χ4v) is 5.50. The Bertz CT molecular complexity index is 713. The molecule has 3 nitrogen and oxygen atoms in total. The van der Waals surface area contributed by atoms with Crippen LogP contribution in [-0.2, 0) is 16.3 Å².